The fraction of sp³-hybridized carbons (Fsp3) is 0. The molecule has 2 aromatic rings. The molecule has 0 saturated heterocycles. The van der Waals surface area contributed by atoms with Crippen molar-refractivity contribution in [1.29, 1.82) is 5.26 Å². The van der Waals surface area contributed by atoms with Crippen molar-refractivity contribution in [2.24, 2.45) is 0 Å². The zero-order valence-electron chi connectivity index (χ0n) is 8.04. The highest BCUT2D eigenvalue weighted by Gasteiger charge is 2.08. The lowest BCUT2D eigenvalue weighted by atomic mass is 10.1. The van der Waals surface area contributed by atoms with Crippen molar-refractivity contribution in [3.05, 3.63) is 42.0 Å². The van der Waals surface area contributed by atoms with Crippen LogP contribution in [0.5, 0.6) is 0 Å². The minimum Gasteiger partial charge on any atom is -0.744 e. The van der Waals surface area contributed by atoms with Crippen LogP contribution in [0.15, 0.2) is 41.3 Å². The molecule has 0 radical (unpaired) electrons. The van der Waals surface area contributed by atoms with Gasteiger partial charge in [-0.25, -0.2) is 8.42 Å². The van der Waals surface area contributed by atoms with Gasteiger partial charge in [-0.3, -0.25) is 0 Å². The first-order chi connectivity index (χ1) is 7.52. The van der Waals surface area contributed by atoms with Crippen molar-refractivity contribution in [1.82, 2.24) is 0 Å². The Kier molecular flexibility index (Phi) is 2.38. The van der Waals surface area contributed by atoms with E-state index >= 15 is 0 Å². The molecule has 0 amide bonds. The molecule has 0 unspecified atom stereocenters. The van der Waals surface area contributed by atoms with E-state index in [1.54, 1.807) is 30.3 Å². The molecule has 2 rings (SSSR count). The van der Waals surface area contributed by atoms with E-state index in [0.29, 0.717) is 10.8 Å². The first-order valence-electron chi connectivity index (χ1n) is 4.41. The Hall–Kier alpha value is -1.90. The molecule has 0 heterocycles. The van der Waals surface area contributed by atoms with E-state index in [1.807, 2.05) is 6.07 Å². The maximum Gasteiger partial charge on any atom is 0.125 e. The monoisotopic (exact) mass is 232 g/mol. The van der Waals surface area contributed by atoms with E-state index in [9.17, 15) is 13.0 Å². The van der Waals surface area contributed by atoms with Gasteiger partial charge in [0.1, 0.15) is 10.1 Å². The first kappa shape index (κ1) is 10.6. The van der Waals surface area contributed by atoms with E-state index in [-0.39, 0.29) is 10.5 Å². The van der Waals surface area contributed by atoms with Gasteiger partial charge in [-0.05, 0) is 22.9 Å². The van der Waals surface area contributed by atoms with Crippen LogP contribution in [0, 0.1) is 11.3 Å². The van der Waals surface area contributed by atoms with Gasteiger partial charge in [0.25, 0.3) is 0 Å². The number of hydrogen-bond donors (Lipinski definition) is 0. The molecular formula is C11H6NO3S-. The van der Waals surface area contributed by atoms with Crippen LogP contribution in [-0.2, 0) is 10.1 Å². The molecule has 0 N–H and O–H groups in total. The Morgan fingerprint density at radius 1 is 1.19 bits per heavy atom. The van der Waals surface area contributed by atoms with Crippen LogP contribution in [0.25, 0.3) is 10.8 Å². The van der Waals surface area contributed by atoms with E-state index in [0.717, 1.165) is 6.07 Å². The molecule has 4 nitrogen and oxygen atoms in total. The summed E-state index contributed by atoms with van der Waals surface area (Å²) in [6.07, 6.45) is 0. The summed E-state index contributed by atoms with van der Waals surface area (Å²) in [5, 5.41) is 9.65. The molecule has 2 aromatic carbocycles. The third-order valence-corrected chi connectivity index (χ3v) is 3.10. The summed E-state index contributed by atoms with van der Waals surface area (Å²) in [5.74, 6) is 0. The summed E-state index contributed by atoms with van der Waals surface area (Å²) in [5.41, 5.74) is 0.160. The van der Waals surface area contributed by atoms with Gasteiger partial charge < -0.3 is 4.55 Å². The minimum atomic E-state index is -4.56. The van der Waals surface area contributed by atoms with Crippen molar-refractivity contribution in [2.75, 3.05) is 0 Å². The number of nitriles is 1. The normalized spacial score (nSPS) is 11.2. The highest BCUT2D eigenvalue weighted by atomic mass is 32.2. The molecule has 0 aliphatic rings. The predicted molar refractivity (Wildman–Crippen MR) is 56.6 cm³/mol. The SMILES string of the molecule is N#Cc1cc(S(=O)(=O)[O-])c2ccccc2c1. The molecule has 0 bridgehead atoms. The summed E-state index contributed by atoms with van der Waals surface area (Å²) in [4.78, 5) is -0.345. The lowest BCUT2D eigenvalue weighted by Gasteiger charge is -2.10. The molecule has 0 spiro atoms. The Morgan fingerprint density at radius 2 is 1.88 bits per heavy atom. The third kappa shape index (κ3) is 1.76. The first-order valence-corrected chi connectivity index (χ1v) is 5.82. The number of hydrogen-bond acceptors (Lipinski definition) is 4. The van der Waals surface area contributed by atoms with Crippen LogP contribution in [0.2, 0.25) is 0 Å². The van der Waals surface area contributed by atoms with Crippen molar-refractivity contribution in [3.8, 4) is 6.07 Å². The fourth-order valence-corrected chi connectivity index (χ4v) is 2.27. The van der Waals surface area contributed by atoms with Gasteiger partial charge in [-0.1, -0.05) is 24.3 Å². The van der Waals surface area contributed by atoms with E-state index in [4.69, 9.17) is 5.26 Å². The summed E-state index contributed by atoms with van der Waals surface area (Å²) in [6, 6.07) is 11.0. The molecule has 80 valence electrons. The zero-order valence-corrected chi connectivity index (χ0v) is 8.86. The number of fused-ring (bicyclic) bond motifs is 1. The van der Waals surface area contributed by atoms with Gasteiger partial charge in [-0.2, -0.15) is 5.26 Å². The summed E-state index contributed by atoms with van der Waals surface area (Å²) < 4.78 is 33.2. The van der Waals surface area contributed by atoms with Crippen LogP contribution in [0.4, 0.5) is 0 Å². The highest BCUT2D eigenvalue weighted by molar-refractivity contribution is 7.86. The zero-order chi connectivity index (χ0) is 11.8. The average Bonchev–Trinajstić information content (AvgIpc) is 2.26. The van der Waals surface area contributed by atoms with E-state index in [1.165, 1.54) is 0 Å². The lowest BCUT2D eigenvalue weighted by molar-refractivity contribution is 0.464. The van der Waals surface area contributed by atoms with Crippen LogP contribution in [-0.4, -0.2) is 13.0 Å². The quantitative estimate of drug-likeness (QED) is 0.699. The van der Waals surface area contributed by atoms with E-state index < -0.39 is 10.1 Å². The van der Waals surface area contributed by atoms with Gasteiger partial charge in [0.2, 0.25) is 0 Å². The summed E-state index contributed by atoms with van der Waals surface area (Å²) in [6.45, 7) is 0. The maximum atomic E-state index is 11.1. The van der Waals surface area contributed by atoms with Gasteiger partial charge in [0.05, 0.1) is 16.5 Å². The highest BCUT2D eigenvalue weighted by Crippen LogP contribution is 2.24. The molecule has 0 atom stereocenters. The number of rotatable bonds is 1. The Morgan fingerprint density at radius 3 is 2.50 bits per heavy atom. The molecular weight excluding hydrogens is 226 g/mol. The van der Waals surface area contributed by atoms with Crippen molar-refractivity contribution >= 4 is 20.9 Å². The molecule has 0 saturated carbocycles. The number of nitrogens with zero attached hydrogens (tertiary/aromatic N) is 1. The van der Waals surface area contributed by atoms with Crippen LogP contribution in [0.1, 0.15) is 5.56 Å². The topological polar surface area (TPSA) is 81.0 Å². The smallest absolute Gasteiger partial charge is 0.125 e. The van der Waals surface area contributed by atoms with Crippen LogP contribution in [0.3, 0.4) is 0 Å². The van der Waals surface area contributed by atoms with Gasteiger partial charge in [-0.15, -0.1) is 0 Å². The second kappa shape index (κ2) is 3.59. The standard InChI is InChI=1S/C11H7NO3S/c12-7-8-5-9-3-1-2-4-10(9)11(6-8)16(13,14)15/h1-6H,(H,13,14,15)/p-1. The lowest BCUT2D eigenvalue weighted by Crippen LogP contribution is -2.00. The molecule has 0 aliphatic heterocycles. The number of benzene rings is 2. The van der Waals surface area contributed by atoms with Gasteiger partial charge in [0, 0.05) is 0 Å². The molecule has 0 aliphatic carbocycles. The Labute approximate surface area is 92.5 Å². The van der Waals surface area contributed by atoms with Crippen molar-refractivity contribution < 1.29 is 13.0 Å². The third-order valence-electron chi connectivity index (χ3n) is 2.22. The van der Waals surface area contributed by atoms with Crippen LogP contribution >= 0.6 is 0 Å². The molecule has 5 heteroatoms. The van der Waals surface area contributed by atoms with Gasteiger partial charge >= 0.3 is 0 Å². The summed E-state index contributed by atoms with van der Waals surface area (Å²) >= 11 is 0. The van der Waals surface area contributed by atoms with Crippen LogP contribution < -0.4 is 0 Å². The van der Waals surface area contributed by atoms with Crippen molar-refractivity contribution in [3.63, 3.8) is 0 Å². The second-order valence-electron chi connectivity index (χ2n) is 3.26. The average molecular weight is 232 g/mol. The molecule has 16 heavy (non-hydrogen) atoms. The largest absolute Gasteiger partial charge is 0.744 e. The maximum absolute atomic E-state index is 11.1. The molecule has 0 fully saturated rings. The van der Waals surface area contributed by atoms with Crippen molar-refractivity contribution in [2.45, 2.75) is 4.90 Å². The Bertz CT molecular complexity index is 699. The van der Waals surface area contributed by atoms with E-state index in [2.05, 4.69) is 0 Å². The predicted octanol–water partition coefficient (Wildman–Crippen LogP) is 1.62. The summed E-state index contributed by atoms with van der Waals surface area (Å²) in [7, 11) is -4.56. The minimum absolute atomic E-state index is 0.160. The molecule has 0 aromatic heterocycles. The Balaban J connectivity index is 2.97. The van der Waals surface area contributed by atoms with Gasteiger partial charge in [0.15, 0.2) is 0 Å². The second-order valence-corrected chi connectivity index (χ2v) is 4.61. The fourth-order valence-electron chi connectivity index (χ4n) is 1.55.